The summed E-state index contributed by atoms with van der Waals surface area (Å²) in [5.74, 6) is -1.21. The van der Waals surface area contributed by atoms with Crippen molar-refractivity contribution in [3.8, 4) is 0 Å². The zero-order valence-electron chi connectivity index (χ0n) is 11.7. The van der Waals surface area contributed by atoms with Crippen LogP contribution in [0.4, 0.5) is 17.6 Å². The van der Waals surface area contributed by atoms with Crippen LogP contribution in [0.3, 0.4) is 0 Å². The molecule has 1 aromatic carbocycles. The molecule has 0 aromatic heterocycles. The highest BCUT2D eigenvalue weighted by molar-refractivity contribution is 7.89. The SMILES string of the molecule is CCC=O.Cc1cc(S(=O)(=O)NCC(F)(F)F)c(F)cc1Cl. The van der Waals surface area contributed by atoms with Gasteiger partial charge in [-0.25, -0.2) is 17.5 Å². The van der Waals surface area contributed by atoms with Gasteiger partial charge in [-0.15, -0.1) is 0 Å². The van der Waals surface area contributed by atoms with Crippen molar-refractivity contribution in [3.05, 3.63) is 28.5 Å². The molecule has 0 aliphatic heterocycles. The van der Waals surface area contributed by atoms with E-state index in [4.69, 9.17) is 11.6 Å². The number of hydrogen-bond donors (Lipinski definition) is 1. The van der Waals surface area contributed by atoms with E-state index in [1.54, 1.807) is 0 Å². The summed E-state index contributed by atoms with van der Waals surface area (Å²) in [7, 11) is -4.57. The third kappa shape index (κ3) is 7.19. The molecule has 0 atom stereocenters. The van der Waals surface area contributed by atoms with Gasteiger partial charge in [0.2, 0.25) is 10.0 Å². The molecule has 126 valence electrons. The van der Waals surface area contributed by atoms with Crippen LogP contribution in [0.1, 0.15) is 18.9 Å². The van der Waals surface area contributed by atoms with Gasteiger partial charge in [-0.2, -0.15) is 13.2 Å². The van der Waals surface area contributed by atoms with E-state index in [1.165, 1.54) is 11.6 Å². The van der Waals surface area contributed by atoms with Gasteiger partial charge in [0.25, 0.3) is 0 Å². The third-order valence-corrected chi connectivity index (χ3v) is 3.96. The van der Waals surface area contributed by atoms with Gasteiger partial charge in [-0.1, -0.05) is 18.5 Å². The first kappa shape index (κ1) is 20.8. The second-order valence-electron chi connectivity index (χ2n) is 4.05. The lowest BCUT2D eigenvalue weighted by molar-refractivity contribution is -0.121. The summed E-state index contributed by atoms with van der Waals surface area (Å²) in [6.45, 7) is 1.45. The molecule has 0 aliphatic rings. The minimum Gasteiger partial charge on any atom is -0.303 e. The molecular formula is C12H14ClF4NO3S. The van der Waals surface area contributed by atoms with E-state index in [-0.39, 0.29) is 10.6 Å². The highest BCUT2D eigenvalue weighted by atomic mass is 35.5. The van der Waals surface area contributed by atoms with Gasteiger partial charge in [-0.05, 0) is 24.6 Å². The largest absolute Gasteiger partial charge is 0.402 e. The van der Waals surface area contributed by atoms with Crippen LogP contribution in [0.5, 0.6) is 0 Å². The van der Waals surface area contributed by atoms with Gasteiger partial charge < -0.3 is 4.79 Å². The fourth-order valence-electron chi connectivity index (χ4n) is 1.09. The lowest BCUT2D eigenvalue weighted by Crippen LogP contribution is -2.34. The van der Waals surface area contributed by atoms with Crippen molar-refractivity contribution in [1.29, 1.82) is 0 Å². The molecule has 0 unspecified atom stereocenters. The Morgan fingerprint density at radius 2 is 1.82 bits per heavy atom. The van der Waals surface area contributed by atoms with Crippen LogP contribution < -0.4 is 4.72 Å². The Bertz CT molecular complexity index is 618. The zero-order chi connectivity index (χ0) is 17.6. The molecule has 1 rings (SSSR count). The molecule has 0 fully saturated rings. The molecule has 4 nitrogen and oxygen atoms in total. The lowest BCUT2D eigenvalue weighted by Gasteiger charge is -2.11. The second-order valence-corrected chi connectivity index (χ2v) is 6.19. The summed E-state index contributed by atoms with van der Waals surface area (Å²) in [4.78, 5) is 8.31. The van der Waals surface area contributed by atoms with Gasteiger partial charge in [0, 0.05) is 11.4 Å². The highest BCUT2D eigenvalue weighted by Gasteiger charge is 2.31. The van der Waals surface area contributed by atoms with E-state index in [0.717, 1.165) is 18.4 Å². The van der Waals surface area contributed by atoms with Crippen molar-refractivity contribution >= 4 is 27.9 Å². The molecule has 22 heavy (non-hydrogen) atoms. The molecule has 10 heteroatoms. The fourth-order valence-corrected chi connectivity index (χ4v) is 2.40. The standard InChI is InChI=1S/C9H8ClF4NO2S.C3H6O/c1-5-2-8(7(11)3-6(5)10)18(16,17)15-4-9(12,13)14;1-2-3-4/h2-3,15H,4H2,1H3;3H,2H2,1H3. The van der Waals surface area contributed by atoms with Crippen molar-refractivity contribution in [2.75, 3.05) is 6.54 Å². The van der Waals surface area contributed by atoms with Crippen molar-refractivity contribution in [2.24, 2.45) is 0 Å². The molecule has 1 N–H and O–H groups in total. The molecule has 0 amide bonds. The number of halogens is 5. The van der Waals surface area contributed by atoms with Gasteiger partial charge in [0.1, 0.15) is 23.5 Å². The number of hydrogen-bond acceptors (Lipinski definition) is 3. The molecule has 0 radical (unpaired) electrons. The minimum atomic E-state index is -4.72. The number of nitrogens with one attached hydrogen (secondary N) is 1. The summed E-state index contributed by atoms with van der Waals surface area (Å²) >= 11 is 5.55. The number of aldehydes is 1. The van der Waals surface area contributed by atoms with E-state index in [2.05, 4.69) is 0 Å². The predicted molar refractivity (Wildman–Crippen MR) is 73.7 cm³/mol. The first-order chi connectivity index (χ1) is 9.94. The smallest absolute Gasteiger partial charge is 0.303 e. The van der Waals surface area contributed by atoms with Gasteiger partial charge in [-0.3, -0.25) is 0 Å². The quantitative estimate of drug-likeness (QED) is 0.660. The van der Waals surface area contributed by atoms with E-state index in [1.807, 2.05) is 6.92 Å². The number of carbonyl (C=O) groups excluding carboxylic acids is 1. The Kier molecular flexibility index (Phi) is 7.99. The van der Waals surface area contributed by atoms with Crippen molar-refractivity contribution in [2.45, 2.75) is 31.3 Å². The lowest BCUT2D eigenvalue weighted by atomic mass is 10.2. The Labute approximate surface area is 130 Å². The first-order valence-electron chi connectivity index (χ1n) is 5.90. The molecule has 0 spiro atoms. The Hall–Kier alpha value is -1.19. The van der Waals surface area contributed by atoms with Crippen molar-refractivity contribution in [3.63, 3.8) is 0 Å². The third-order valence-electron chi connectivity index (χ3n) is 2.13. The van der Waals surface area contributed by atoms with Gasteiger partial charge in [0.15, 0.2) is 0 Å². The number of carbonyl (C=O) groups is 1. The van der Waals surface area contributed by atoms with Crippen LogP contribution in [0.2, 0.25) is 5.02 Å². The molecule has 1 aromatic rings. The molecule has 0 heterocycles. The average Bonchev–Trinajstić information content (AvgIpc) is 2.40. The maximum Gasteiger partial charge on any atom is 0.402 e. The van der Waals surface area contributed by atoms with Gasteiger partial charge >= 0.3 is 6.18 Å². The summed E-state index contributed by atoms with van der Waals surface area (Å²) in [5, 5.41) is -0.0118. The van der Waals surface area contributed by atoms with E-state index < -0.39 is 33.5 Å². The number of benzene rings is 1. The molecule has 0 saturated carbocycles. The summed E-state index contributed by atoms with van der Waals surface area (Å²) in [6, 6.07) is 1.61. The Balaban J connectivity index is 0.000000980. The van der Waals surface area contributed by atoms with Crippen molar-refractivity contribution < 1.29 is 30.8 Å². The fraction of sp³-hybridized carbons (Fsp3) is 0.417. The maximum absolute atomic E-state index is 13.4. The van der Waals surface area contributed by atoms with Crippen LogP contribution >= 0.6 is 11.6 Å². The van der Waals surface area contributed by atoms with Gasteiger partial charge in [0.05, 0.1) is 0 Å². The summed E-state index contributed by atoms with van der Waals surface area (Å²) < 4.78 is 73.3. The van der Waals surface area contributed by atoms with Crippen LogP contribution in [0.25, 0.3) is 0 Å². The topological polar surface area (TPSA) is 63.2 Å². The van der Waals surface area contributed by atoms with Crippen LogP contribution in [-0.4, -0.2) is 27.4 Å². The van der Waals surface area contributed by atoms with Crippen LogP contribution in [0, 0.1) is 12.7 Å². The van der Waals surface area contributed by atoms with Crippen molar-refractivity contribution in [1.82, 2.24) is 4.72 Å². The van der Waals surface area contributed by atoms with E-state index in [0.29, 0.717) is 6.42 Å². The number of alkyl halides is 3. The maximum atomic E-state index is 13.4. The molecular weight excluding hydrogens is 350 g/mol. The highest BCUT2D eigenvalue weighted by Crippen LogP contribution is 2.23. The number of sulfonamides is 1. The minimum absolute atomic E-state index is 0.0118. The van der Waals surface area contributed by atoms with E-state index in [9.17, 15) is 30.8 Å². The Morgan fingerprint density at radius 1 is 1.32 bits per heavy atom. The second kappa shape index (κ2) is 8.44. The van der Waals surface area contributed by atoms with E-state index >= 15 is 0 Å². The first-order valence-corrected chi connectivity index (χ1v) is 7.76. The predicted octanol–water partition coefficient (Wildman–Crippen LogP) is 3.22. The van der Waals surface area contributed by atoms with Crippen LogP contribution in [-0.2, 0) is 14.8 Å². The number of aryl methyl sites for hydroxylation is 1. The summed E-state index contributed by atoms with van der Waals surface area (Å²) in [5.41, 5.74) is 0.241. The summed E-state index contributed by atoms with van der Waals surface area (Å²) in [6.07, 6.45) is -3.20. The normalized spacial score (nSPS) is 11.6. The average molecular weight is 364 g/mol. The number of rotatable bonds is 4. The molecule has 0 bridgehead atoms. The molecule has 0 saturated heterocycles. The zero-order valence-corrected chi connectivity index (χ0v) is 13.2. The monoisotopic (exact) mass is 363 g/mol. The Morgan fingerprint density at radius 3 is 2.23 bits per heavy atom. The molecule has 0 aliphatic carbocycles. The van der Waals surface area contributed by atoms with Crippen LogP contribution in [0.15, 0.2) is 17.0 Å².